The molecule has 0 spiro atoms. The lowest BCUT2D eigenvalue weighted by Crippen LogP contribution is -2.35. The summed E-state index contributed by atoms with van der Waals surface area (Å²) in [6, 6.07) is 3.89. The molecule has 1 atom stereocenters. The van der Waals surface area contributed by atoms with Gasteiger partial charge in [0.1, 0.15) is 5.75 Å². The minimum atomic E-state index is -0.181. The van der Waals surface area contributed by atoms with E-state index in [9.17, 15) is 4.79 Å². The molecule has 0 N–H and O–H groups in total. The lowest BCUT2D eigenvalue weighted by Gasteiger charge is -2.34. The van der Waals surface area contributed by atoms with Crippen LogP contribution >= 0.6 is 15.9 Å². The zero-order valence-corrected chi connectivity index (χ0v) is 20.7. The minimum Gasteiger partial charge on any atom is -0.492 e. The fraction of sp³-hybridized carbons (Fsp3) is 0.542. The number of nitrogens with zero attached hydrogens (tertiary/aromatic N) is 3. The molecule has 0 aromatic carbocycles. The van der Waals surface area contributed by atoms with E-state index in [1.807, 2.05) is 19.1 Å². The number of fused-ring (bicyclic) bond motifs is 1. The first-order valence-electron chi connectivity index (χ1n) is 11.4. The first kappa shape index (κ1) is 23.6. The second kappa shape index (κ2) is 11.0. The number of esters is 1. The van der Waals surface area contributed by atoms with Gasteiger partial charge in [-0.2, -0.15) is 0 Å². The number of ether oxygens (including phenoxy) is 4. The van der Waals surface area contributed by atoms with E-state index in [0.29, 0.717) is 43.9 Å². The van der Waals surface area contributed by atoms with Crippen LogP contribution in [0.2, 0.25) is 0 Å². The minimum absolute atomic E-state index is 0.0668. The van der Waals surface area contributed by atoms with Gasteiger partial charge in [-0.15, -0.1) is 0 Å². The van der Waals surface area contributed by atoms with Gasteiger partial charge in [-0.3, -0.25) is 4.79 Å². The molecule has 4 rings (SSSR count). The molecule has 2 aliphatic rings. The predicted molar refractivity (Wildman–Crippen MR) is 127 cm³/mol. The number of anilines is 1. The maximum Gasteiger partial charge on any atom is 0.306 e. The molecule has 2 aliphatic heterocycles. The number of piperidine rings is 1. The summed E-state index contributed by atoms with van der Waals surface area (Å²) in [7, 11) is 1.63. The Morgan fingerprint density at radius 3 is 2.73 bits per heavy atom. The molecule has 1 saturated heterocycles. The van der Waals surface area contributed by atoms with Crippen LogP contribution in [0.25, 0.3) is 0 Å². The molecule has 0 saturated carbocycles. The van der Waals surface area contributed by atoms with Gasteiger partial charge < -0.3 is 23.8 Å². The molecule has 1 fully saturated rings. The van der Waals surface area contributed by atoms with Gasteiger partial charge >= 0.3 is 5.97 Å². The summed E-state index contributed by atoms with van der Waals surface area (Å²) in [5, 5.41) is 0. The van der Waals surface area contributed by atoms with Crippen molar-refractivity contribution in [2.45, 2.75) is 38.5 Å². The van der Waals surface area contributed by atoms with Gasteiger partial charge in [-0.1, -0.05) is 0 Å². The number of halogens is 1. The summed E-state index contributed by atoms with van der Waals surface area (Å²) in [5.41, 5.74) is 2.08. The fourth-order valence-corrected chi connectivity index (χ4v) is 4.83. The van der Waals surface area contributed by atoms with E-state index in [4.69, 9.17) is 18.9 Å². The van der Waals surface area contributed by atoms with E-state index in [1.165, 1.54) is 0 Å². The SMILES string of the molecule is CCOC(=O)CC1CCOc2cnc(OCC3CCN(c4cc(OC)ncc4Br)CC3)cc21. The molecular formula is C24H30BrN3O5. The highest BCUT2D eigenvalue weighted by Crippen LogP contribution is 2.37. The Balaban J connectivity index is 1.33. The van der Waals surface area contributed by atoms with Crippen molar-refractivity contribution in [3.63, 3.8) is 0 Å². The van der Waals surface area contributed by atoms with Gasteiger partial charge in [0.25, 0.3) is 0 Å². The number of aromatic nitrogens is 2. The highest BCUT2D eigenvalue weighted by atomic mass is 79.9. The molecule has 0 radical (unpaired) electrons. The Morgan fingerprint density at radius 1 is 1.18 bits per heavy atom. The Kier molecular flexibility index (Phi) is 7.90. The third-order valence-electron chi connectivity index (χ3n) is 6.20. The van der Waals surface area contributed by atoms with Crippen molar-refractivity contribution in [2.24, 2.45) is 5.92 Å². The summed E-state index contributed by atoms with van der Waals surface area (Å²) in [6.45, 7) is 5.29. The molecule has 1 unspecified atom stereocenters. The molecule has 8 nitrogen and oxygen atoms in total. The Bertz CT molecular complexity index is 965. The number of hydrogen-bond acceptors (Lipinski definition) is 8. The van der Waals surface area contributed by atoms with E-state index in [2.05, 4.69) is 30.8 Å². The molecular weight excluding hydrogens is 490 g/mol. The molecule has 9 heteroatoms. The van der Waals surface area contributed by atoms with Crippen LogP contribution in [0.1, 0.15) is 44.1 Å². The van der Waals surface area contributed by atoms with Crippen molar-refractivity contribution < 1.29 is 23.7 Å². The van der Waals surface area contributed by atoms with Crippen LogP contribution < -0.4 is 19.1 Å². The Hall–Kier alpha value is -2.55. The highest BCUT2D eigenvalue weighted by molar-refractivity contribution is 9.10. The van der Waals surface area contributed by atoms with E-state index in [-0.39, 0.29) is 11.9 Å². The van der Waals surface area contributed by atoms with Crippen LogP contribution in [0.4, 0.5) is 5.69 Å². The molecule has 33 heavy (non-hydrogen) atoms. The number of carbonyl (C=O) groups excluding carboxylic acids is 1. The smallest absolute Gasteiger partial charge is 0.306 e. The van der Waals surface area contributed by atoms with Crippen molar-refractivity contribution in [1.29, 1.82) is 0 Å². The average Bonchev–Trinajstić information content (AvgIpc) is 2.84. The molecule has 2 aromatic heterocycles. The predicted octanol–water partition coefficient (Wildman–Crippen LogP) is 4.36. The van der Waals surface area contributed by atoms with E-state index < -0.39 is 0 Å². The Morgan fingerprint density at radius 2 is 1.97 bits per heavy atom. The standard InChI is InChI=1S/C24H30BrN3O5/c1-3-31-24(29)10-17-6-9-32-21-14-27-23(11-18(17)21)33-15-16-4-7-28(8-5-16)20-12-22(30-2)26-13-19(20)25/h11-14,16-17H,3-10,15H2,1-2H3. The maximum atomic E-state index is 12.0. The summed E-state index contributed by atoms with van der Waals surface area (Å²) in [6.07, 6.45) is 6.67. The van der Waals surface area contributed by atoms with E-state index >= 15 is 0 Å². The third-order valence-corrected chi connectivity index (χ3v) is 6.81. The molecule has 0 aliphatic carbocycles. The summed E-state index contributed by atoms with van der Waals surface area (Å²) in [5.74, 6) is 2.26. The van der Waals surface area contributed by atoms with Crippen molar-refractivity contribution in [3.05, 3.63) is 34.6 Å². The molecule has 2 aromatic rings. The van der Waals surface area contributed by atoms with Crippen molar-refractivity contribution in [3.8, 4) is 17.5 Å². The normalized spacial score (nSPS) is 18.3. The van der Waals surface area contributed by atoms with Crippen molar-refractivity contribution >= 4 is 27.6 Å². The van der Waals surface area contributed by atoms with Gasteiger partial charge in [0, 0.05) is 42.9 Å². The molecule has 178 valence electrons. The van der Waals surface area contributed by atoms with Crippen LogP contribution in [-0.2, 0) is 9.53 Å². The van der Waals surface area contributed by atoms with Gasteiger partial charge in [0.15, 0.2) is 0 Å². The van der Waals surface area contributed by atoms with E-state index in [0.717, 1.165) is 53.8 Å². The largest absolute Gasteiger partial charge is 0.492 e. The number of carbonyl (C=O) groups is 1. The molecule has 0 bridgehead atoms. The number of hydrogen-bond donors (Lipinski definition) is 0. The first-order chi connectivity index (χ1) is 16.1. The van der Waals surface area contributed by atoms with E-state index in [1.54, 1.807) is 19.5 Å². The zero-order chi connectivity index (χ0) is 23.2. The van der Waals surface area contributed by atoms with Gasteiger partial charge in [-0.05, 0) is 48.0 Å². The van der Waals surface area contributed by atoms with Crippen LogP contribution in [0.3, 0.4) is 0 Å². The third kappa shape index (κ3) is 5.88. The van der Waals surface area contributed by atoms with Crippen LogP contribution in [0.15, 0.2) is 29.0 Å². The second-order valence-electron chi connectivity index (χ2n) is 8.32. The summed E-state index contributed by atoms with van der Waals surface area (Å²) < 4.78 is 23.2. The number of rotatable bonds is 8. The number of methoxy groups -OCH3 is 1. The number of pyridine rings is 2. The van der Waals surface area contributed by atoms with Crippen LogP contribution in [0.5, 0.6) is 17.5 Å². The zero-order valence-electron chi connectivity index (χ0n) is 19.1. The maximum absolute atomic E-state index is 12.0. The fourth-order valence-electron chi connectivity index (χ4n) is 4.36. The van der Waals surface area contributed by atoms with Gasteiger partial charge in [-0.25, -0.2) is 9.97 Å². The molecule has 4 heterocycles. The lowest BCUT2D eigenvalue weighted by atomic mass is 9.91. The van der Waals surface area contributed by atoms with Gasteiger partial charge in [0.2, 0.25) is 11.8 Å². The topological polar surface area (TPSA) is 83.0 Å². The highest BCUT2D eigenvalue weighted by Gasteiger charge is 2.26. The van der Waals surface area contributed by atoms with Crippen molar-refractivity contribution in [1.82, 2.24) is 9.97 Å². The quantitative estimate of drug-likeness (QED) is 0.475. The monoisotopic (exact) mass is 519 g/mol. The average molecular weight is 520 g/mol. The van der Waals surface area contributed by atoms with Gasteiger partial charge in [0.05, 0.1) is 49.7 Å². The molecule has 0 amide bonds. The second-order valence-corrected chi connectivity index (χ2v) is 9.18. The lowest BCUT2D eigenvalue weighted by molar-refractivity contribution is -0.143. The summed E-state index contributed by atoms with van der Waals surface area (Å²) >= 11 is 3.60. The summed E-state index contributed by atoms with van der Waals surface area (Å²) in [4.78, 5) is 23.0. The Labute approximate surface area is 202 Å². The van der Waals surface area contributed by atoms with Crippen LogP contribution in [-0.4, -0.2) is 56.0 Å². The van der Waals surface area contributed by atoms with Crippen molar-refractivity contribution in [2.75, 3.05) is 44.9 Å². The van der Waals surface area contributed by atoms with Crippen LogP contribution in [0, 0.1) is 5.92 Å². The first-order valence-corrected chi connectivity index (χ1v) is 12.2.